The molecule has 36 heavy (non-hydrogen) atoms. The third kappa shape index (κ3) is 5.29. The normalized spacial score (nSPS) is 25.7. The summed E-state index contributed by atoms with van der Waals surface area (Å²) in [5, 5.41) is 6.14. The average Bonchev–Trinajstić information content (AvgIpc) is 3.76. The number of nitrogens with zero attached hydrogens (tertiary/aromatic N) is 1. The maximum atomic E-state index is 3.79. The minimum atomic E-state index is 0.132. The smallest absolute Gasteiger partial charge is 0.114 e. The Morgan fingerprint density at radius 1 is 0.861 bits per heavy atom. The van der Waals surface area contributed by atoms with Crippen molar-refractivity contribution < 1.29 is 0 Å². The molecule has 4 aliphatic rings. The van der Waals surface area contributed by atoms with Gasteiger partial charge in [0, 0.05) is 12.5 Å². The highest BCUT2D eigenvalue weighted by atomic mass is 15.8. The highest BCUT2D eigenvalue weighted by Gasteiger charge is 2.42. The van der Waals surface area contributed by atoms with Crippen molar-refractivity contribution in [1.29, 1.82) is 0 Å². The van der Waals surface area contributed by atoms with Gasteiger partial charge in [0.1, 0.15) is 12.3 Å². The lowest BCUT2D eigenvalue weighted by Crippen LogP contribution is -2.31. The molecule has 2 aromatic rings. The van der Waals surface area contributed by atoms with Crippen LogP contribution in [-0.2, 0) is 0 Å². The van der Waals surface area contributed by atoms with Crippen LogP contribution in [0.4, 0.5) is 0 Å². The molecule has 6 rings (SSSR count). The summed E-state index contributed by atoms with van der Waals surface area (Å²) in [6.07, 6.45) is 27.0. The first kappa shape index (κ1) is 23.2. The molecule has 1 heterocycles. The zero-order chi connectivity index (χ0) is 24.2. The monoisotopic (exact) mass is 473 g/mol. The number of allylic oxidation sites excluding steroid dienone is 8. The van der Waals surface area contributed by atoms with E-state index in [1.54, 1.807) is 0 Å². The molecular formula is C33H35N3. The van der Waals surface area contributed by atoms with Crippen LogP contribution < -0.4 is 10.7 Å². The maximum Gasteiger partial charge on any atom is 0.114 e. The van der Waals surface area contributed by atoms with Crippen LogP contribution in [0.1, 0.15) is 60.9 Å². The second-order valence-corrected chi connectivity index (χ2v) is 10.1. The van der Waals surface area contributed by atoms with Gasteiger partial charge < -0.3 is 0 Å². The molecule has 4 unspecified atom stereocenters. The minimum absolute atomic E-state index is 0.132. The summed E-state index contributed by atoms with van der Waals surface area (Å²) >= 11 is 0. The van der Waals surface area contributed by atoms with Gasteiger partial charge >= 0.3 is 0 Å². The van der Waals surface area contributed by atoms with E-state index in [2.05, 4.69) is 125 Å². The lowest BCUT2D eigenvalue weighted by Gasteiger charge is -2.22. The van der Waals surface area contributed by atoms with Crippen LogP contribution in [0.2, 0.25) is 0 Å². The second kappa shape index (κ2) is 10.8. The average molecular weight is 474 g/mol. The van der Waals surface area contributed by atoms with Gasteiger partial charge in [0.15, 0.2) is 0 Å². The van der Waals surface area contributed by atoms with E-state index in [0.29, 0.717) is 5.92 Å². The van der Waals surface area contributed by atoms with Gasteiger partial charge in [-0.05, 0) is 65.5 Å². The first-order chi connectivity index (χ1) is 17.8. The minimum Gasteiger partial charge on any atom is -0.293 e. The van der Waals surface area contributed by atoms with Crippen molar-refractivity contribution in [3.63, 3.8) is 0 Å². The molecular weight excluding hydrogens is 438 g/mol. The Labute approximate surface area is 215 Å². The Morgan fingerprint density at radius 3 is 2.47 bits per heavy atom. The van der Waals surface area contributed by atoms with E-state index in [4.69, 9.17) is 0 Å². The Kier molecular flexibility index (Phi) is 6.95. The van der Waals surface area contributed by atoms with Crippen LogP contribution in [0.3, 0.4) is 0 Å². The molecule has 1 fully saturated rings. The highest BCUT2D eigenvalue weighted by Crippen LogP contribution is 2.35. The number of hydrogen-bond acceptors (Lipinski definition) is 3. The molecule has 0 radical (unpaired) electrons. The van der Waals surface area contributed by atoms with Crippen LogP contribution in [0.15, 0.2) is 120 Å². The first-order valence-corrected chi connectivity index (χ1v) is 13.4. The standard InChI is InChI=1S/C33H35N3/c1-4-11-25(12-5-1)24-34-32(28-15-8-3-9-16-28)36-33(35-36)29-21-19-27(20-22-29)31-18-10-17-30(23-31)26-13-6-2-7-14-26/h3-4,6,8-19,21-23,27,32-35H,1-2,5,7,20,24H2. The molecule has 3 aliphatic carbocycles. The first-order valence-electron chi connectivity index (χ1n) is 13.4. The van der Waals surface area contributed by atoms with Crippen LogP contribution in [0, 0.1) is 0 Å². The van der Waals surface area contributed by atoms with Crippen molar-refractivity contribution in [1.82, 2.24) is 15.8 Å². The number of hydrogen-bond donors (Lipinski definition) is 2. The van der Waals surface area contributed by atoms with Gasteiger partial charge in [0.2, 0.25) is 0 Å². The van der Waals surface area contributed by atoms with E-state index in [9.17, 15) is 0 Å². The third-order valence-electron chi connectivity index (χ3n) is 7.53. The van der Waals surface area contributed by atoms with Crippen LogP contribution in [-0.4, -0.2) is 17.7 Å². The number of benzene rings is 2. The third-order valence-corrected chi connectivity index (χ3v) is 7.53. The van der Waals surface area contributed by atoms with E-state index in [-0.39, 0.29) is 12.3 Å². The molecule has 0 amide bonds. The Bertz CT molecular complexity index is 1260. The summed E-state index contributed by atoms with van der Waals surface area (Å²) in [7, 11) is 0. The van der Waals surface area contributed by atoms with Crippen LogP contribution in [0.5, 0.6) is 0 Å². The maximum absolute atomic E-state index is 3.79. The summed E-state index contributed by atoms with van der Waals surface area (Å²) < 4.78 is 0. The molecule has 2 aromatic carbocycles. The van der Waals surface area contributed by atoms with Crippen LogP contribution in [0.25, 0.3) is 5.57 Å². The molecule has 0 spiro atoms. The highest BCUT2D eigenvalue weighted by molar-refractivity contribution is 5.75. The van der Waals surface area contributed by atoms with E-state index in [1.165, 1.54) is 33.4 Å². The van der Waals surface area contributed by atoms with Crippen molar-refractivity contribution in [2.45, 2.75) is 50.4 Å². The zero-order valence-electron chi connectivity index (χ0n) is 20.8. The molecule has 0 bridgehead atoms. The molecule has 3 nitrogen and oxygen atoms in total. The molecule has 0 aromatic heterocycles. The Morgan fingerprint density at radius 2 is 1.72 bits per heavy atom. The summed E-state index contributed by atoms with van der Waals surface area (Å²) in [5.74, 6) is 0.433. The lowest BCUT2D eigenvalue weighted by atomic mass is 9.87. The van der Waals surface area contributed by atoms with Gasteiger partial charge in [-0.2, -0.15) is 5.01 Å². The summed E-state index contributed by atoms with van der Waals surface area (Å²) in [5.41, 5.74) is 11.7. The largest absolute Gasteiger partial charge is 0.293 e. The van der Waals surface area contributed by atoms with Crippen molar-refractivity contribution in [3.8, 4) is 0 Å². The van der Waals surface area contributed by atoms with E-state index >= 15 is 0 Å². The Balaban J connectivity index is 1.12. The van der Waals surface area contributed by atoms with E-state index in [1.807, 2.05) is 0 Å². The number of nitrogens with one attached hydrogen (secondary N) is 2. The quantitative estimate of drug-likeness (QED) is 0.402. The predicted octanol–water partition coefficient (Wildman–Crippen LogP) is 7.10. The van der Waals surface area contributed by atoms with Crippen molar-refractivity contribution in [2.24, 2.45) is 0 Å². The van der Waals surface area contributed by atoms with Gasteiger partial charge in [0.25, 0.3) is 0 Å². The number of hydrazine groups is 1. The second-order valence-electron chi connectivity index (χ2n) is 10.1. The van der Waals surface area contributed by atoms with E-state index in [0.717, 1.165) is 38.6 Å². The molecule has 3 heteroatoms. The van der Waals surface area contributed by atoms with Crippen molar-refractivity contribution in [2.75, 3.05) is 6.54 Å². The number of rotatable bonds is 8. The Hall–Kier alpha value is -3.24. The topological polar surface area (TPSA) is 37.0 Å². The van der Waals surface area contributed by atoms with Crippen molar-refractivity contribution >= 4 is 5.57 Å². The van der Waals surface area contributed by atoms with Crippen LogP contribution >= 0.6 is 0 Å². The SMILES string of the molecule is C1=CC(CNC(c2ccccc2)N2NC2C2=CCC(c3cccc(C4=CCCC=C4)c3)C=C2)=CCC1. The van der Waals surface area contributed by atoms with Gasteiger partial charge in [0.05, 0.1) is 0 Å². The van der Waals surface area contributed by atoms with Gasteiger partial charge in [-0.15, -0.1) is 0 Å². The molecule has 2 N–H and O–H groups in total. The fourth-order valence-electron chi connectivity index (χ4n) is 5.46. The zero-order valence-corrected chi connectivity index (χ0v) is 20.8. The van der Waals surface area contributed by atoms with Crippen molar-refractivity contribution in [3.05, 3.63) is 137 Å². The van der Waals surface area contributed by atoms with E-state index < -0.39 is 0 Å². The van der Waals surface area contributed by atoms with Gasteiger partial charge in [-0.1, -0.05) is 109 Å². The van der Waals surface area contributed by atoms with Gasteiger partial charge in [-0.3, -0.25) is 5.32 Å². The summed E-state index contributed by atoms with van der Waals surface area (Å²) in [6, 6.07) is 19.9. The summed E-state index contributed by atoms with van der Waals surface area (Å²) in [6.45, 7) is 0.875. The molecule has 1 saturated heterocycles. The fraction of sp³-hybridized carbons (Fsp3) is 0.273. The fourth-order valence-corrected chi connectivity index (χ4v) is 5.46. The molecule has 1 aliphatic heterocycles. The molecule has 182 valence electrons. The summed E-state index contributed by atoms with van der Waals surface area (Å²) in [4.78, 5) is 0. The predicted molar refractivity (Wildman–Crippen MR) is 150 cm³/mol. The lowest BCUT2D eigenvalue weighted by molar-refractivity contribution is 0.312. The van der Waals surface area contributed by atoms with Gasteiger partial charge in [-0.25, -0.2) is 5.43 Å². The molecule has 0 saturated carbocycles. The molecule has 4 atom stereocenters.